The van der Waals surface area contributed by atoms with Crippen molar-refractivity contribution in [3.63, 3.8) is 0 Å². The molecule has 0 aliphatic carbocycles. The number of carboxylic acid groups (broad SMARTS) is 1. The summed E-state index contributed by atoms with van der Waals surface area (Å²) in [7, 11) is 0. The maximum Gasteiger partial charge on any atom is 0.303 e. The van der Waals surface area contributed by atoms with E-state index in [0.717, 1.165) is 12.8 Å². The Labute approximate surface area is 104 Å². The average Bonchev–Trinajstić information content (AvgIpc) is 2.09. The van der Waals surface area contributed by atoms with Gasteiger partial charge in [-0.25, -0.2) is 0 Å². The van der Waals surface area contributed by atoms with Crippen molar-refractivity contribution in [2.24, 2.45) is 0 Å². The number of aliphatic carboxylic acids is 1. The second-order valence-electron chi connectivity index (χ2n) is 3.62. The van der Waals surface area contributed by atoms with Gasteiger partial charge >= 0.3 is 5.97 Å². The van der Waals surface area contributed by atoms with Crippen LogP contribution in [0.3, 0.4) is 0 Å². The first-order valence-corrected chi connectivity index (χ1v) is 5.49. The van der Waals surface area contributed by atoms with E-state index in [1.807, 2.05) is 0 Å². The summed E-state index contributed by atoms with van der Waals surface area (Å²) in [5.74, 6) is -0.661. The summed E-state index contributed by atoms with van der Waals surface area (Å²) >= 11 is 0. The summed E-state index contributed by atoms with van der Waals surface area (Å²) < 4.78 is 0. The van der Waals surface area contributed by atoms with Gasteiger partial charge in [-0.3, -0.25) is 4.79 Å². The van der Waals surface area contributed by atoms with Crippen LogP contribution in [0, 0.1) is 0 Å². The molecular formula is C11H22O2Te. The molecule has 0 aliphatic heterocycles. The maximum atomic E-state index is 10.2. The Kier molecular flexibility index (Phi) is 15.8. The molecule has 0 spiro atoms. The van der Waals surface area contributed by atoms with Crippen molar-refractivity contribution in [1.29, 1.82) is 0 Å². The van der Waals surface area contributed by atoms with E-state index in [0.29, 0.717) is 6.42 Å². The molecule has 2 nitrogen and oxygen atoms in total. The Morgan fingerprint density at radius 1 is 0.929 bits per heavy atom. The van der Waals surface area contributed by atoms with Crippen molar-refractivity contribution in [3.8, 4) is 0 Å². The van der Waals surface area contributed by atoms with Gasteiger partial charge in [-0.15, -0.1) is 0 Å². The Bertz CT molecular complexity index is 126. The molecule has 0 aromatic carbocycles. The van der Waals surface area contributed by atoms with Crippen molar-refractivity contribution < 1.29 is 9.90 Å². The number of carboxylic acids is 1. The number of unbranched alkanes of at least 4 members (excludes halogenated alkanes) is 7. The molecule has 0 bridgehead atoms. The van der Waals surface area contributed by atoms with Gasteiger partial charge in [0.15, 0.2) is 0 Å². The number of hydrogen-bond donors (Lipinski definition) is 1. The number of carbonyl (C=O) groups is 1. The van der Waals surface area contributed by atoms with Gasteiger partial charge in [-0.05, 0) is 6.42 Å². The summed E-state index contributed by atoms with van der Waals surface area (Å²) in [6.45, 7) is 2.22. The molecule has 0 rings (SSSR count). The van der Waals surface area contributed by atoms with Crippen molar-refractivity contribution >= 4 is 29.6 Å². The minimum Gasteiger partial charge on any atom is -0.481 e. The molecule has 84 valence electrons. The van der Waals surface area contributed by atoms with Gasteiger partial charge in [0.2, 0.25) is 0 Å². The third kappa shape index (κ3) is 14.8. The van der Waals surface area contributed by atoms with Gasteiger partial charge in [0, 0.05) is 30.1 Å². The van der Waals surface area contributed by atoms with E-state index in [4.69, 9.17) is 5.11 Å². The molecule has 0 aromatic heterocycles. The molecule has 14 heavy (non-hydrogen) atoms. The van der Waals surface area contributed by atoms with Crippen LogP contribution in [0.25, 0.3) is 0 Å². The number of rotatable bonds is 9. The van der Waals surface area contributed by atoms with Crippen LogP contribution in [0.2, 0.25) is 0 Å². The summed E-state index contributed by atoms with van der Waals surface area (Å²) in [4.78, 5) is 10.2. The first-order valence-electron chi connectivity index (χ1n) is 5.49. The third-order valence-electron chi connectivity index (χ3n) is 2.24. The van der Waals surface area contributed by atoms with Crippen molar-refractivity contribution in [2.45, 2.75) is 64.7 Å². The molecule has 3 heteroatoms. The van der Waals surface area contributed by atoms with Gasteiger partial charge in [0.05, 0.1) is 0 Å². The van der Waals surface area contributed by atoms with Crippen LogP contribution in [-0.2, 0) is 4.79 Å². The molecule has 0 saturated heterocycles. The Morgan fingerprint density at radius 3 is 1.79 bits per heavy atom. The fraction of sp³-hybridized carbons (Fsp3) is 0.909. The molecular weight excluding hydrogens is 292 g/mol. The van der Waals surface area contributed by atoms with Gasteiger partial charge in [0.1, 0.15) is 0 Å². The van der Waals surface area contributed by atoms with Crippen LogP contribution in [-0.4, -0.2) is 34.7 Å². The van der Waals surface area contributed by atoms with Crippen LogP contribution in [0.5, 0.6) is 0 Å². The van der Waals surface area contributed by atoms with Crippen LogP contribution in [0.15, 0.2) is 0 Å². The largest absolute Gasteiger partial charge is 0.481 e. The minimum atomic E-state index is -0.661. The molecule has 0 saturated carbocycles. The summed E-state index contributed by atoms with van der Waals surface area (Å²) in [5.41, 5.74) is 0. The molecule has 2 radical (unpaired) electrons. The standard InChI is InChI=1S/C11H22O2.Te/c1-2-3-4-5-6-7-8-9-10-11(12)13;/h2-10H2,1H3,(H,12,13);. The van der Waals surface area contributed by atoms with Crippen molar-refractivity contribution in [1.82, 2.24) is 0 Å². The van der Waals surface area contributed by atoms with E-state index < -0.39 is 5.97 Å². The molecule has 0 amide bonds. The quantitative estimate of drug-likeness (QED) is 0.524. The molecule has 0 aromatic rings. The van der Waals surface area contributed by atoms with Gasteiger partial charge < -0.3 is 5.11 Å². The predicted molar refractivity (Wildman–Crippen MR) is 60.6 cm³/mol. The molecule has 0 heterocycles. The smallest absolute Gasteiger partial charge is 0.303 e. The van der Waals surface area contributed by atoms with Gasteiger partial charge in [-0.2, -0.15) is 0 Å². The summed E-state index contributed by atoms with van der Waals surface area (Å²) in [5, 5.41) is 8.39. The molecule has 0 aliphatic rings. The summed E-state index contributed by atoms with van der Waals surface area (Å²) in [6, 6.07) is 0. The molecule has 0 fully saturated rings. The van der Waals surface area contributed by atoms with E-state index in [-0.39, 0.29) is 23.7 Å². The predicted octanol–water partition coefficient (Wildman–Crippen LogP) is 3.22. The third-order valence-corrected chi connectivity index (χ3v) is 2.24. The van der Waals surface area contributed by atoms with Crippen molar-refractivity contribution in [2.75, 3.05) is 0 Å². The zero-order valence-corrected chi connectivity index (χ0v) is 11.5. The van der Waals surface area contributed by atoms with Gasteiger partial charge in [-0.1, -0.05) is 51.9 Å². The zero-order chi connectivity index (χ0) is 9.94. The molecule has 0 unspecified atom stereocenters. The normalized spacial score (nSPS) is 9.50. The minimum absolute atomic E-state index is 0. The van der Waals surface area contributed by atoms with E-state index in [1.54, 1.807) is 0 Å². The van der Waals surface area contributed by atoms with E-state index in [9.17, 15) is 4.79 Å². The second kappa shape index (κ2) is 13.3. The van der Waals surface area contributed by atoms with E-state index in [1.165, 1.54) is 38.5 Å². The first kappa shape index (κ1) is 16.7. The SMILES string of the molecule is CCCCCCCCCCC(=O)O.[Te]. The fourth-order valence-corrected chi connectivity index (χ4v) is 1.41. The second-order valence-corrected chi connectivity index (χ2v) is 3.62. The van der Waals surface area contributed by atoms with Crippen LogP contribution in [0.4, 0.5) is 0 Å². The Balaban J connectivity index is 0. The topological polar surface area (TPSA) is 37.3 Å². The maximum absolute atomic E-state index is 10.2. The fourth-order valence-electron chi connectivity index (χ4n) is 1.41. The zero-order valence-electron chi connectivity index (χ0n) is 9.13. The Morgan fingerprint density at radius 2 is 1.36 bits per heavy atom. The van der Waals surface area contributed by atoms with E-state index >= 15 is 0 Å². The van der Waals surface area contributed by atoms with Gasteiger partial charge in [0.25, 0.3) is 0 Å². The molecule has 0 atom stereocenters. The molecule has 1 N–H and O–H groups in total. The van der Waals surface area contributed by atoms with Crippen LogP contribution < -0.4 is 0 Å². The van der Waals surface area contributed by atoms with Crippen molar-refractivity contribution in [3.05, 3.63) is 0 Å². The van der Waals surface area contributed by atoms with Crippen LogP contribution in [0.1, 0.15) is 64.7 Å². The van der Waals surface area contributed by atoms with Crippen LogP contribution >= 0.6 is 0 Å². The monoisotopic (exact) mass is 316 g/mol. The first-order chi connectivity index (χ1) is 6.27. The van der Waals surface area contributed by atoms with E-state index in [2.05, 4.69) is 6.92 Å². The number of hydrogen-bond acceptors (Lipinski definition) is 1. The Hall–Kier alpha value is 0.260. The summed E-state index contributed by atoms with van der Waals surface area (Å²) in [6.07, 6.45) is 10.1. The average molecular weight is 314 g/mol.